The molecule has 2 unspecified atom stereocenters. The Kier molecular flexibility index (Phi) is 6.44. The minimum Gasteiger partial charge on any atom is -0.508 e. The second kappa shape index (κ2) is 8.57. The highest BCUT2D eigenvalue weighted by Crippen LogP contribution is 2.15. The third-order valence-electron chi connectivity index (χ3n) is 3.86. The molecule has 2 atom stereocenters. The molecule has 22 heavy (non-hydrogen) atoms. The Morgan fingerprint density at radius 3 is 1.73 bits per heavy atom. The van der Waals surface area contributed by atoms with E-state index in [1.807, 2.05) is 42.5 Å². The Morgan fingerprint density at radius 2 is 1.18 bits per heavy atom. The summed E-state index contributed by atoms with van der Waals surface area (Å²) in [5, 5.41) is 29.3. The SMILES string of the molecule is Oc1ccc(CCC(O)CC(O)CCc2ccccc2)cc1. The van der Waals surface area contributed by atoms with E-state index in [9.17, 15) is 15.3 Å². The lowest BCUT2D eigenvalue weighted by molar-refractivity contribution is 0.0714. The average molecular weight is 300 g/mol. The number of benzene rings is 2. The molecule has 118 valence electrons. The number of aliphatic hydroxyl groups excluding tert-OH is 2. The van der Waals surface area contributed by atoms with Crippen LogP contribution in [0.5, 0.6) is 5.75 Å². The highest BCUT2D eigenvalue weighted by molar-refractivity contribution is 5.25. The summed E-state index contributed by atoms with van der Waals surface area (Å²) < 4.78 is 0. The number of phenols is 1. The molecule has 0 aliphatic carbocycles. The number of aliphatic hydroxyl groups is 2. The minimum absolute atomic E-state index is 0.251. The summed E-state index contributed by atoms with van der Waals surface area (Å²) in [6.45, 7) is 0. The van der Waals surface area contributed by atoms with Gasteiger partial charge in [-0.1, -0.05) is 42.5 Å². The van der Waals surface area contributed by atoms with Gasteiger partial charge in [0.05, 0.1) is 12.2 Å². The first kappa shape index (κ1) is 16.5. The van der Waals surface area contributed by atoms with Crippen molar-refractivity contribution in [2.75, 3.05) is 0 Å². The van der Waals surface area contributed by atoms with Gasteiger partial charge >= 0.3 is 0 Å². The van der Waals surface area contributed by atoms with Gasteiger partial charge < -0.3 is 15.3 Å². The maximum Gasteiger partial charge on any atom is 0.115 e. The zero-order valence-electron chi connectivity index (χ0n) is 12.7. The van der Waals surface area contributed by atoms with Crippen LogP contribution in [-0.4, -0.2) is 27.5 Å². The van der Waals surface area contributed by atoms with E-state index in [4.69, 9.17) is 0 Å². The Hall–Kier alpha value is -1.84. The van der Waals surface area contributed by atoms with Crippen LogP contribution in [0.15, 0.2) is 54.6 Å². The normalized spacial score (nSPS) is 13.7. The minimum atomic E-state index is -0.500. The molecule has 2 rings (SSSR count). The number of aryl methyl sites for hydroxylation is 2. The van der Waals surface area contributed by atoms with Crippen LogP contribution in [0, 0.1) is 0 Å². The highest BCUT2D eigenvalue weighted by Gasteiger charge is 2.12. The second-order valence-electron chi connectivity index (χ2n) is 5.77. The van der Waals surface area contributed by atoms with Gasteiger partial charge in [-0.2, -0.15) is 0 Å². The summed E-state index contributed by atoms with van der Waals surface area (Å²) in [6, 6.07) is 17.1. The van der Waals surface area contributed by atoms with Crippen LogP contribution in [-0.2, 0) is 12.8 Å². The van der Waals surface area contributed by atoms with Crippen LogP contribution < -0.4 is 0 Å². The highest BCUT2D eigenvalue weighted by atomic mass is 16.3. The third-order valence-corrected chi connectivity index (χ3v) is 3.86. The van der Waals surface area contributed by atoms with Crippen molar-refractivity contribution in [2.24, 2.45) is 0 Å². The second-order valence-corrected chi connectivity index (χ2v) is 5.77. The molecule has 0 fully saturated rings. The molecule has 2 aromatic carbocycles. The molecule has 0 radical (unpaired) electrons. The zero-order chi connectivity index (χ0) is 15.8. The molecule has 0 aliphatic rings. The summed E-state index contributed by atoms with van der Waals surface area (Å²) in [5.74, 6) is 0.251. The molecule has 0 heterocycles. The Bertz CT molecular complexity index is 536. The van der Waals surface area contributed by atoms with E-state index in [-0.39, 0.29) is 5.75 Å². The molecule has 0 aliphatic heterocycles. The van der Waals surface area contributed by atoms with Gasteiger partial charge in [0.2, 0.25) is 0 Å². The molecule has 3 nitrogen and oxygen atoms in total. The lowest BCUT2D eigenvalue weighted by atomic mass is 9.99. The van der Waals surface area contributed by atoms with Gasteiger partial charge in [-0.15, -0.1) is 0 Å². The van der Waals surface area contributed by atoms with Crippen molar-refractivity contribution in [2.45, 2.75) is 44.3 Å². The predicted molar refractivity (Wildman–Crippen MR) is 87.8 cm³/mol. The molecule has 0 bridgehead atoms. The standard InChI is InChI=1S/C19H24O3/c20-17-10-6-16(7-11-17)9-13-19(22)14-18(21)12-8-15-4-2-1-3-5-15/h1-7,10-11,18-22H,8-9,12-14H2. The average Bonchev–Trinajstić information content (AvgIpc) is 2.53. The number of aromatic hydroxyl groups is 1. The van der Waals surface area contributed by atoms with E-state index >= 15 is 0 Å². The fraction of sp³-hybridized carbons (Fsp3) is 0.368. The Morgan fingerprint density at radius 1 is 0.682 bits per heavy atom. The van der Waals surface area contributed by atoms with E-state index < -0.39 is 12.2 Å². The van der Waals surface area contributed by atoms with Crippen LogP contribution in [0.1, 0.15) is 30.4 Å². The summed E-state index contributed by atoms with van der Waals surface area (Å²) in [7, 11) is 0. The maximum absolute atomic E-state index is 10.0. The van der Waals surface area contributed by atoms with Crippen LogP contribution in [0.25, 0.3) is 0 Å². The van der Waals surface area contributed by atoms with E-state index in [2.05, 4.69) is 0 Å². The van der Waals surface area contributed by atoms with Gasteiger partial charge in [0, 0.05) is 0 Å². The van der Waals surface area contributed by atoms with Crippen LogP contribution in [0.4, 0.5) is 0 Å². The van der Waals surface area contributed by atoms with Crippen molar-refractivity contribution in [1.29, 1.82) is 0 Å². The summed E-state index contributed by atoms with van der Waals surface area (Å²) in [6.07, 6.45) is 2.28. The molecule has 3 N–H and O–H groups in total. The quantitative estimate of drug-likeness (QED) is 0.702. The molecule has 0 aromatic heterocycles. The predicted octanol–water partition coefficient (Wildman–Crippen LogP) is 3.07. The zero-order valence-corrected chi connectivity index (χ0v) is 12.7. The molecular weight excluding hydrogens is 276 g/mol. The first-order valence-corrected chi connectivity index (χ1v) is 7.81. The van der Waals surface area contributed by atoms with E-state index in [1.54, 1.807) is 12.1 Å². The van der Waals surface area contributed by atoms with Crippen molar-refractivity contribution in [3.8, 4) is 5.75 Å². The monoisotopic (exact) mass is 300 g/mol. The molecule has 0 saturated heterocycles. The van der Waals surface area contributed by atoms with Crippen molar-refractivity contribution >= 4 is 0 Å². The van der Waals surface area contributed by atoms with Gasteiger partial charge in [0.25, 0.3) is 0 Å². The van der Waals surface area contributed by atoms with E-state index in [0.717, 1.165) is 18.4 Å². The Balaban J connectivity index is 1.67. The van der Waals surface area contributed by atoms with Crippen LogP contribution in [0.2, 0.25) is 0 Å². The number of phenolic OH excluding ortho intramolecular Hbond substituents is 1. The lowest BCUT2D eigenvalue weighted by Crippen LogP contribution is -2.19. The smallest absolute Gasteiger partial charge is 0.115 e. The summed E-state index contributed by atoms with van der Waals surface area (Å²) >= 11 is 0. The van der Waals surface area contributed by atoms with Crippen molar-refractivity contribution in [1.82, 2.24) is 0 Å². The van der Waals surface area contributed by atoms with Gasteiger partial charge in [-0.05, 0) is 55.4 Å². The third kappa shape index (κ3) is 5.88. The summed E-state index contributed by atoms with van der Waals surface area (Å²) in [5.41, 5.74) is 2.29. The topological polar surface area (TPSA) is 60.7 Å². The van der Waals surface area contributed by atoms with Crippen molar-refractivity contribution in [3.05, 3.63) is 65.7 Å². The van der Waals surface area contributed by atoms with Crippen molar-refractivity contribution in [3.63, 3.8) is 0 Å². The fourth-order valence-corrected chi connectivity index (χ4v) is 2.52. The van der Waals surface area contributed by atoms with Crippen LogP contribution in [0.3, 0.4) is 0 Å². The Labute approximate surface area is 131 Å². The largest absolute Gasteiger partial charge is 0.508 e. The molecule has 0 saturated carbocycles. The molecule has 0 spiro atoms. The maximum atomic E-state index is 10.0. The van der Waals surface area contributed by atoms with Gasteiger partial charge in [0.1, 0.15) is 5.75 Å². The molecule has 0 amide bonds. The fourth-order valence-electron chi connectivity index (χ4n) is 2.52. The molecular formula is C19H24O3. The first-order valence-electron chi connectivity index (χ1n) is 7.81. The van der Waals surface area contributed by atoms with Gasteiger partial charge in [0.15, 0.2) is 0 Å². The van der Waals surface area contributed by atoms with E-state index in [1.165, 1.54) is 5.56 Å². The lowest BCUT2D eigenvalue weighted by Gasteiger charge is -2.15. The molecule has 2 aromatic rings. The van der Waals surface area contributed by atoms with E-state index in [0.29, 0.717) is 19.3 Å². The van der Waals surface area contributed by atoms with Gasteiger partial charge in [-0.3, -0.25) is 0 Å². The molecule has 3 heteroatoms. The first-order chi connectivity index (χ1) is 10.6. The summed E-state index contributed by atoms with van der Waals surface area (Å²) in [4.78, 5) is 0. The number of rotatable bonds is 8. The van der Waals surface area contributed by atoms with Crippen LogP contribution >= 0.6 is 0 Å². The van der Waals surface area contributed by atoms with Gasteiger partial charge in [-0.25, -0.2) is 0 Å². The number of hydrogen-bond acceptors (Lipinski definition) is 3. The number of hydrogen-bond donors (Lipinski definition) is 3. The van der Waals surface area contributed by atoms with Crippen molar-refractivity contribution < 1.29 is 15.3 Å².